The molecule has 0 amide bonds. The summed E-state index contributed by atoms with van der Waals surface area (Å²) in [6.45, 7) is 1.85. The van der Waals surface area contributed by atoms with Crippen LogP contribution in [0.2, 0.25) is 0 Å². The van der Waals surface area contributed by atoms with E-state index in [2.05, 4.69) is 0 Å². The Labute approximate surface area is 43.0 Å². The number of allylic oxidation sites excluding steroid dienone is 3. The Kier molecular flexibility index (Phi) is 2.85. The Hall–Kier alpha value is -0.920. The minimum Gasteiger partial charge on any atom is -0.495 e. The average molecular weight is 99.1 g/mol. The zero-order chi connectivity index (χ0) is 5.70. The van der Waals surface area contributed by atoms with Crippen LogP contribution in [0.5, 0.6) is 0 Å². The molecule has 0 aliphatic heterocycles. The van der Waals surface area contributed by atoms with E-state index < -0.39 is 0 Å². The molecule has 2 nitrogen and oxygen atoms in total. The molecule has 0 aromatic carbocycles. The maximum Gasteiger partial charge on any atom is 0.181 e. The van der Waals surface area contributed by atoms with Crippen molar-refractivity contribution in [2.75, 3.05) is 0 Å². The summed E-state index contributed by atoms with van der Waals surface area (Å²) in [5, 5.41) is 8.27. The van der Waals surface area contributed by atoms with E-state index in [0.29, 0.717) is 0 Å². The third kappa shape index (κ3) is 5.08. The summed E-state index contributed by atoms with van der Waals surface area (Å²) < 4.78 is 0. The Morgan fingerprint density at radius 3 is 2.43 bits per heavy atom. The van der Waals surface area contributed by atoms with Crippen molar-refractivity contribution >= 4 is 0 Å². The molecule has 0 heterocycles. The number of hydrogen-bond acceptors (Lipinski definition) is 2. The third-order valence-corrected chi connectivity index (χ3v) is 0.459. The molecule has 3 N–H and O–H groups in total. The first-order chi connectivity index (χ1) is 3.27. The van der Waals surface area contributed by atoms with Gasteiger partial charge in [0, 0.05) is 0 Å². The number of hydrogen-bond donors (Lipinski definition) is 2. The van der Waals surface area contributed by atoms with Crippen LogP contribution in [0.1, 0.15) is 6.92 Å². The van der Waals surface area contributed by atoms with E-state index in [4.69, 9.17) is 10.8 Å². The van der Waals surface area contributed by atoms with Gasteiger partial charge < -0.3 is 10.8 Å². The van der Waals surface area contributed by atoms with Gasteiger partial charge in [0.1, 0.15) is 0 Å². The van der Waals surface area contributed by atoms with Gasteiger partial charge in [-0.3, -0.25) is 0 Å². The van der Waals surface area contributed by atoms with E-state index in [1.54, 1.807) is 12.2 Å². The number of nitrogens with two attached hydrogens (primary N) is 1. The fourth-order valence-corrected chi connectivity index (χ4v) is 0.195. The first kappa shape index (κ1) is 6.08. The minimum absolute atomic E-state index is 0.155. The lowest BCUT2D eigenvalue weighted by Crippen LogP contribution is -1.91. The molecule has 0 rings (SSSR count). The van der Waals surface area contributed by atoms with Gasteiger partial charge in [-0.05, 0) is 13.0 Å². The quantitative estimate of drug-likeness (QED) is 0.379. The number of rotatable bonds is 1. The number of aliphatic hydroxyl groups excluding tert-OH is 1. The molecule has 0 aromatic rings. The van der Waals surface area contributed by atoms with Crippen molar-refractivity contribution in [2.24, 2.45) is 5.73 Å². The van der Waals surface area contributed by atoms with Gasteiger partial charge in [-0.15, -0.1) is 0 Å². The fraction of sp³-hybridized carbons (Fsp3) is 0.200. The molecular weight excluding hydrogens is 90.1 g/mol. The molecule has 0 saturated carbocycles. The number of aliphatic hydroxyl groups is 1. The maximum atomic E-state index is 8.27. The van der Waals surface area contributed by atoms with Gasteiger partial charge in [-0.2, -0.15) is 0 Å². The molecule has 0 saturated heterocycles. The summed E-state index contributed by atoms with van der Waals surface area (Å²) in [4.78, 5) is 0. The summed E-state index contributed by atoms with van der Waals surface area (Å²) in [6.07, 6.45) is 4.86. The van der Waals surface area contributed by atoms with Crippen molar-refractivity contribution < 1.29 is 5.11 Å². The van der Waals surface area contributed by atoms with Crippen molar-refractivity contribution in [3.63, 3.8) is 0 Å². The molecule has 0 radical (unpaired) electrons. The molecule has 40 valence electrons. The molecule has 0 aliphatic rings. The van der Waals surface area contributed by atoms with Gasteiger partial charge in [0.05, 0.1) is 0 Å². The van der Waals surface area contributed by atoms with E-state index in [0.717, 1.165) is 0 Å². The molecule has 0 unspecified atom stereocenters. The van der Waals surface area contributed by atoms with Crippen LogP contribution in [-0.2, 0) is 0 Å². The second kappa shape index (κ2) is 3.28. The smallest absolute Gasteiger partial charge is 0.181 e. The van der Waals surface area contributed by atoms with Crippen LogP contribution >= 0.6 is 0 Å². The standard InChI is InChI=1S/C5H9NO/c1-2-3-4-5(6)7/h2-4,7H,6H2,1H3/b3-2+,5-4+. The van der Waals surface area contributed by atoms with Gasteiger partial charge in [-0.25, -0.2) is 0 Å². The summed E-state index contributed by atoms with van der Waals surface area (Å²) in [7, 11) is 0. The molecule has 7 heavy (non-hydrogen) atoms. The largest absolute Gasteiger partial charge is 0.495 e. The lowest BCUT2D eigenvalue weighted by Gasteiger charge is -1.79. The summed E-state index contributed by atoms with van der Waals surface area (Å²) in [5.41, 5.74) is 4.84. The molecule has 0 aromatic heterocycles. The lowest BCUT2D eigenvalue weighted by molar-refractivity contribution is 0.406. The zero-order valence-electron chi connectivity index (χ0n) is 4.26. The Balaban J connectivity index is 3.46. The van der Waals surface area contributed by atoms with Crippen LogP contribution in [0.25, 0.3) is 0 Å². The molecular formula is C5H9NO. The monoisotopic (exact) mass is 99.1 g/mol. The average Bonchev–Trinajstić information content (AvgIpc) is 1.61. The first-order valence-electron chi connectivity index (χ1n) is 2.04. The van der Waals surface area contributed by atoms with E-state index in [9.17, 15) is 0 Å². The summed E-state index contributed by atoms with van der Waals surface area (Å²) >= 11 is 0. The third-order valence-electron chi connectivity index (χ3n) is 0.459. The van der Waals surface area contributed by atoms with Crippen molar-refractivity contribution in [1.82, 2.24) is 0 Å². The first-order valence-corrected chi connectivity index (χ1v) is 2.04. The van der Waals surface area contributed by atoms with Gasteiger partial charge in [0.15, 0.2) is 5.88 Å². The molecule has 0 atom stereocenters. The Morgan fingerprint density at radius 1 is 1.71 bits per heavy atom. The second-order valence-electron chi connectivity index (χ2n) is 1.12. The molecule has 0 spiro atoms. The van der Waals surface area contributed by atoms with Crippen LogP contribution in [-0.4, -0.2) is 5.11 Å². The molecule has 0 bridgehead atoms. The lowest BCUT2D eigenvalue weighted by atomic mass is 10.5. The van der Waals surface area contributed by atoms with Gasteiger partial charge in [-0.1, -0.05) is 12.2 Å². The maximum absolute atomic E-state index is 8.27. The van der Waals surface area contributed by atoms with Crippen LogP contribution in [0, 0.1) is 0 Å². The highest BCUT2D eigenvalue weighted by molar-refractivity contribution is 5.02. The van der Waals surface area contributed by atoms with Gasteiger partial charge in [0.2, 0.25) is 0 Å². The van der Waals surface area contributed by atoms with E-state index in [1.165, 1.54) is 6.08 Å². The SMILES string of the molecule is C/C=C/C=C(\N)O. The normalized spacial score (nSPS) is 13.0. The molecule has 2 heteroatoms. The zero-order valence-corrected chi connectivity index (χ0v) is 4.26. The van der Waals surface area contributed by atoms with Crippen molar-refractivity contribution in [1.29, 1.82) is 0 Å². The van der Waals surface area contributed by atoms with Crippen LogP contribution in [0.4, 0.5) is 0 Å². The molecule has 0 aliphatic carbocycles. The topological polar surface area (TPSA) is 46.2 Å². The fourth-order valence-electron chi connectivity index (χ4n) is 0.195. The highest BCUT2D eigenvalue weighted by atomic mass is 16.3. The van der Waals surface area contributed by atoms with Crippen molar-refractivity contribution in [3.05, 3.63) is 24.1 Å². The summed E-state index contributed by atoms with van der Waals surface area (Å²) in [5.74, 6) is -0.155. The van der Waals surface area contributed by atoms with Gasteiger partial charge >= 0.3 is 0 Å². The Bertz CT molecular complexity index is 90.3. The van der Waals surface area contributed by atoms with Crippen molar-refractivity contribution in [2.45, 2.75) is 6.92 Å². The van der Waals surface area contributed by atoms with Crippen LogP contribution in [0.3, 0.4) is 0 Å². The van der Waals surface area contributed by atoms with E-state index in [1.807, 2.05) is 6.92 Å². The van der Waals surface area contributed by atoms with E-state index in [-0.39, 0.29) is 5.88 Å². The van der Waals surface area contributed by atoms with E-state index >= 15 is 0 Å². The minimum atomic E-state index is -0.155. The second-order valence-corrected chi connectivity index (χ2v) is 1.12. The predicted molar refractivity (Wildman–Crippen MR) is 29.7 cm³/mol. The summed E-state index contributed by atoms with van der Waals surface area (Å²) in [6, 6.07) is 0. The molecule has 0 fully saturated rings. The Morgan fingerprint density at radius 2 is 2.29 bits per heavy atom. The highest BCUT2D eigenvalue weighted by Crippen LogP contribution is 1.75. The van der Waals surface area contributed by atoms with Crippen LogP contribution < -0.4 is 5.73 Å². The predicted octanol–water partition coefficient (Wildman–Crippen LogP) is 0.921. The highest BCUT2D eigenvalue weighted by Gasteiger charge is 1.68. The van der Waals surface area contributed by atoms with Crippen LogP contribution in [0.15, 0.2) is 24.1 Å². The van der Waals surface area contributed by atoms with Gasteiger partial charge in [0.25, 0.3) is 0 Å². The van der Waals surface area contributed by atoms with Crippen molar-refractivity contribution in [3.8, 4) is 0 Å².